The largest absolute Gasteiger partial charge is 0.439 e. The van der Waals surface area contributed by atoms with Gasteiger partial charge < -0.3 is 51.1 Å². The zero-order valence-electron chi connectivity index (χ0n) is 44.2. The number of hydrogen-bond acceptors (Lipinski definition) is 14. The van der Waals surface area contributed by atoms with Crippen molar-refractivity contribution in [1.29, 1.82) is 0 Å². The average molecular weight is 1090 g/mol. The monoisotopic (exact) mass is 1090 g/mol. The Morgan fingerprint density at radius 2 is 1.79 bits per heavy atom. The molecule has 3 amide bonds. The smallest absolute Gasteiger partial charge is 0.405 e. The molecule has 6 rings (SSSR count). The van der Waals surface area contributed by atoms with Gasteiger partial charge in [-0.25, -0.2) is 14.2 Å². The van der Waals surface area contributed by atoms with E-state index >= 15 is 0 Å². The van der Waals surface area contributed by atoms with Crippen LogP contribution in [0.15, 0.2) is 94.2 Å². The van der Waals surface area contributed by atoms with Crippen molar-refractivity contribution in [3.05, 3.63) is 116 Å². The molecular formula is C55H71Cl2FN8O10. The van der Waals surface area contributed by atoms with Gasteiger partial charge in [-0.2, -0.15) is 5.10 Å². The number of likely N-dealkylation sites (tertiary alicyclic amines) is 1. The third-order valence-corrected chi connectivity index (χ3v) is 15.0. The van der Waals surface area contributed by atoms with Crippen LogP contribution in [0.5, 0.6) is 0 Å². The van der Waals surface area contributed by atoms with E-state index in [4.69, 9.17) is 53.6 Å². The van der Waals surface area contributed by atoms with E-state index in [1.54, 1.807) is 58.3 Å². The number of benzene rings is 1. The van der Waals surface area contributed by atoms with Crippen molar-refractivity contribution in [3.8, 4) is 0 Å². The second kappa shape index (κ2) is 27.4. The molecule has 6 unspecified atom stereocenters. The summed E-state index contributed by atoms with van der Waals surface area (Å²) >= 11 is 12.6. The first-order valence-electron chi connectivity index (χ1n) is 25.7. The predicted octanol–water partition coefficient (Wildman–Crippen LogP) is 7.67. The first-order chi connectivity index (χ1) is 36.2. The molecule has 76 heavy (non-hydrogen) atoms. The Morgan fingerprint density at radius 3 is 2.49 bits per heavy atom. The van der Waals surface area contributed by atoms with Gasteiger partial charge in [0, 0.05) is 98.4 Å². The lowest BCUT2D eigenvalue weighted by atomic mass is 9.85. The maximum Gasteiger partial charge on any atom is 0.405 e. The Kier molecular flexibility index (Phi) is 21.4. The number of nitrogens with two attached hydrogens (primary N) is 2. The fraction of sp³-hybridized carbons (Fsp3) is 0.509. The maximum absolute atomic E-state index is 14.2. The number of primary amides is 1. The highest BCUT2D eigenvalue weighted by Gasteiger charge is 2.34. The first-order valence-corrected chi connectivity index (χ1v) is 26.4. The van der Waals surface area contributed by atoms with Crippen molar-refractivity contribution in [3.63, 3.8) is 0 Å². The number of Topliss-reactive ketones (excluding diaryl/α,β-unsaturated/α-hetero) is 1. The molecule has 4 heterocycles. The van der Waals surface area contributed by atoms with E-state index in [2.05, 4.69) is 20.7 Å². The van der Waals surface area contributed by atoms with Gasteiger partial charge >= 0.3 is 6.09 Å². The van der Waals surface area contributed by atoms with Crippen molar-refractivity contribution in [1.82, 2.24) is 25.3 Å². The number of nitrogens with zero attached hydrogens (tertiary/aromatic N) is 4. The molecule has 18 nitrogen and oxygen atoms in total. The molecule has 4 aliphatic rings. The van der Waals surface area contributed by atoms with Gasteiger partial charge in [0.15, 0.2) is 6.10 Å². The van der Waals surface area contributed by atoms with Gasteiger partial charge in [0.2, 0.25) is 17.5 Å². The normalized spacial score (nSPS) is 26.8. The number of halogens is 3. The Hall–Kier alpha value is -5.96. The van der Waals surface area contributed by atoms with Crippen molar-refractivity contribution in [2.75, 3.05) is 33.9 Å². The van der Waals surface area contributed by atoms with Crippen LogP contribution >= 0.6 is 23.2 Å². The number of nitrogens with one attached hydrogen (secondary N) is 2. The molecule has 1 aliphatic carbocycles. The average Bonchev–Trinajstić information content (AvgIpc) is 3.89. The summed E-state index contributed by atoms with van der Waals surface area (Å²) in [5.41, 5.74) is 14.7. The summed E-state index contributed by atoms with van der Waals surface area (Å²) in [6.07, 6.45) is 11.8. The number of fused-ring (bicyclic) bond motifs is 2. The topological polar surface area (TPSA) is 252 Å². The third-order valence-electron chi connectivity index (χ3n) is 14.3. The number of carbonyl (C=O) groups excluding carboxylic acids is 5. The molecule has 2 bridgehead atoms. The number of ether oxygens (including phenoxy) is 4. The lowest BCUT2D eigenvalue weighted by molar-refractivity contribution is -0.132. The molecule has 0 radical (unpaired) electrons. The summed E-state index contributed by atoms with van der Waals surface area (Å²) in [6, 6.07) is 2.73. The molecule has 1 fully saturated rings. The number of amidine groups is 1. The van der Waals surface area contributed by atoms with E-state index in [0.29, 0.717) is 69.3 Å². The second-order valence-electron chi connectivity index (χ2n) is 19.9. The number of aliphatic hydroxyl groups is 1. The number of amides is 3. The van der Waals surface area contributed by atoms with E-state index in [9.17, 15) is 33.5 Å². The number of methoxy groups -OCH3 is 2. The van der Waals surface area contributed by atoms with Crippen LogP contribution < -0.4 is 22.1 Å². The van der Waals surface area contributed by atoms with Gasteiger partial charge in [-0.1, -0.05) is 67.8 Å². The van der Waals surface area contributed by atoms with Gasteiger partial charge in [0.25, 0.3) is 5.91 Å². The third kappa shape index (κ3) is 15.2. The molecule has 412 valence electrons. The highest BCUT2D eigenvalue weighted by atomic mass is 35.5. The van der Waals surface area contributed by atoms with Crippen LogP contribution in [0.4, 0.5) is 9.18 Å². The van der Waals surface area contributed by atoms with E-state index in [-0.39, 0.29) is 62.7 Å². The number of aliphatic imine (C=N–C) groups is 1. The number of piperidine rings is 1. The summed E-state index contributed by atoms with van der Waals surface area (Å²) in [5, 5.41) is 22.2. The van der Waals surface area contributed by atoms with Gasteiger partial charge in [0.05, 0.1) is 47.0 Å². The SMILES string of the molecule is COC1/C=C\C=C(/C)C(=O)NC2=CC(=O)C(NCCCCCC(=O)N3CCC(n4cc(C5=CN=C(N)C(OC(C)c6c(Cl)ccc(F)c6Cl)C5)cn4)CC3)=C(C[C@@H](C)CC(OC)C(O)[C@@H](C)/C=C(\C)C1OC(N)=O)C2=O. The van der Waals surface area contributed by atoms with Crippen LogP contribution in [0.2, 0.25) is 10.0 Å². The van der Waals surface area contributed by atoms with E-state index < -0.39 is 71.9 Å². The number of aliphatic hydroxyl groups excluding tert-OH is 1. The minimum absolute atomic E-state index is 0.0672. The molecule has 7 N–H and O–H groups in total. The van der Waals surface area contributed by atoms with Crippen LogP contribution in [0, 0.1) is 17.7 Å². The van der Waals surface area contributed by atoms with E-state index in [1.807, 2.05) is 22.7 Å². The summed E-state index contributed by atoms with van der Waals surface area (Å²) in [6.45, 7) is 10.2. The molecule has 0 saturated carbocycles. The predicted molar refractivity (Wildman–Crippen MR) is 287 cm³/mol. The Labute approximate surface area is 453 Å². The van der Waals surface area contributed by atoms with Crippen LogP contribution in [-0.4, -0.2) is 119 Å². The zero-order chi connectivity index (χ0) is 55.4. The first kappa shape index (κ1) is 59.3. The number of aromatic nitrogens is 2. The molecular weight excluding hydrogens is 1020 g/mol. The lowest BCUT2D eigenvalue weighted by Crippen LogP contribution is -2.39. The summed E-state index contributed by atoms with van der Waals surface area (Å²) in [4.78, 5) is 72.9. The minimum atomic E-state index is -1.02. The highest BCUT2D eigenvalue weighted by molar-refractivity contribution is 6.36. The standard InChI is InChI=1S/C55H71Cl2FN8O10/c1-30-22-38-49(42(67)26-41(51(38)70)64-54(71)31(2)12-11-13-43(73-6)52(76-55(60)72)33(4)24-32(3)50(69)44(23-30)74-7)61-19-10-8-9-14-46(68)65-20-17-37(18-21-65)66-29-36(28-63-66)35-25-45(53(59)62-27-35)75-34(5)47-39(56)15-16-40(58)48(47)57/h11-13,15-16,24,26-30,32,34,37,43-45,50,52,61,69H,8-10,14,17-23,25H2,1-7H3,(H2,59,62)(H2,60,72)(H,64,71)/b13-11-,31-12+,33-24+/t30-,32+,34?,43?,44?,45?,50?,52?/m1/s1. The molecule has 1 saturated heterocycles. The second-order valence-corrected chi connectivity index (χ2v) is 20.7. The summed E-state index contributed by atoms with van der Waals surface area (Å²) in [5.74, 6) is -2.61. The molecule has 2 aromatic rings. The van der Waals surface area contributed by atoms with Crippen molar-refractivity contribution >= 4 is 64.1 Å². The molecule has 21 heteroatoms. The number of allylic oxidation sites excluding steroid dienone is 4. The van der Waals surface area contributed by atoms with Crippen molar-refractivity contribution < 1.29 is 52.4 Å². The number of ketones is 2. The highest BCUT2D eigenvalue weighted by Crippen LogP contribution is 2.37. The Bertz CT molecular complexity index is 2710. The number of carbonyl (C=O) groups is 5. The fourth-order valence-corrected chi connectivity index (χ4v) is 10.6. The van der Waals surface area contributed by atoms with Crippen molar-refractivity contribution in [2.45, 2.75) is 135 Å². The Balaban J connectivity index is 1.02. The van der Waals surface area contributed by atoms with Crippen LogP contribution in [0.1, 0.15) is 116 Å². The molecule has 8 atom stereocenters. The van der Waals surface area contributed by atoms with E-state index in [1.165, 1.54) is 32.4 Å². The summed E-state index contributed by atoms with van der Waals surface area (Å²) < 4.78 is 39.2. The number of rotatable bonds is 15. The van der Waals surface area contributed by atoms with Gasteiger partial charge in [-0.15, -0.1) is 0 Å². The molecule has 3 aliphatic heterocycles. The molecule has 0 spiro atoms. The number of hydrogen-bond donors (Lipinski definition) is 5. The van der Waals surface area contributed by atoms with Crippen molar-refractivity contribution in [2.24, 2.45) is 28.3 Å². The lowest BCUT2D eigenvalue weighted by Gasteiger charge is -2.32. The van der Waals surface area contributed by atoms with Gasteiger partial charge in [0.1, 0.15) is 23.9 Å². The molecule has 1 aromatic carbocycles. The number of unbranched alkanes of at least 4 members (excludes halogenated alkanes) is 2. The van der Waals surface area contributed by atoms with Gasteiger partial charge in [-0.3, -0.25) is 23.9 Å². The fourth-order valence-electron chi connectivity index (χ4n) is 9.94. The van der Waals surface area contributed by atoms with Gasteiger partial charge in [-0.05, 0) is 88.5 Å². The maximum atomic E-state index is 14.2. The van der Waals surface area contributed by atoms with Crippen LogP contribution in [0.3, 0.4) is 0 Å². The Morgan fingerprint density at radius 1 is 1.05 bits per heavy atom. The van der Waals surface area contributed by atoms with Crippen LogP contribution in [0.25, 0.3) is 5.57 Å². The quantitative estimate of drug-likeness (QED) is 0.0498. The minimum Gasteiger partial charge on any atom is -0.439 e. The van der Waals surface area contributed by atoms with Crippen LogP contribution in [-0.2, 0) is 38.1 Å². The van der Waals surface area contributed by atoms with E-state index in [0.717, 1.165) is 30.1 Å². The summed E-state index contributed by atoms with van der Waals surface area (Å²) in [7, 11) is 2.91. The zero-order valence-corrected chi connectivity index (χ0v) is 45.7. The molecule has 1 aromatic heterocycles.